The fourth-order valence-corrected chi connectivity index (χ4v) is 3.85. The molecular formula is C10H20BrNO3S. The Morgan fingerprint density at radius 3 is 2.75 bits per heavy atom. The molecule has 0 aromatic carbocycles. The number of halogens is 1. The fourth-order valence-electron chi connectivity index (χ4n) is 1.68. The van der Waals surface area contributed by atoms with E-state index in [0.717, 1.165) is 6.42 Å². The first-order valence-corrected chi connectivity index (χ1v) is 8.19. The topological polar surface area (TPSA) is 46.6 Å². The average molecular weight is 314 g/mol. The smallest absolute Gasteiger partial charge is 0.216 e. The molecule has 2 atom stereocenters. The molecule has 16 heavy (non-hydrogen) atoms. The van der Waals surface area contributed by atoms with Crippen LogP contribution >= 0.6 is 15.9 Å². The molecule has 0 aliphatic carbocycles. The number of hydrogen-bond acceptors (Lipinski definition) is 3. The molecule has 1 aliphatic rings. The van der Waals surface area contributed by atoms with Gasteiger partial charge in [-0.2, -0.15) is 0 Å². The Bertz CT molecular complexity index is 307. The highest BCUT2D eigenvalue weighted by Crippen LogP contribution is 2.25. The molecule has 4 nitrogen and oxygen atoms in total. The molecule has 0 saturated carbocycles. The van der Waals surface area contributed by atoms with Gasteiger partial charge >= 0.3 is 0 Å². The van der Waals surface area contributed by atoms with Gasteiger partial charge in [0.05, 0.1) is 12.4 Å². The van der Waals surface area contributed by atoms with Gasteiger partial charge in [-0.15, -0.1) is 0 Å². The lowest BCUT2D eigenvalue weighted by Crippen LogP contribution is -2.45. The van der Waals surface area contributed by atoms with Crippen molar-refractivity contribution in [3.63, 3.8) is 0 Å². The minimum absolute atomic E-state index is 0.0922. The first-order chi connectivity index (χ1) is 7.47. The molecule has 0 amide bonds. The Morgan fingerprint density at radius 1 is 1.50 bits per heavy atom. The third-order valence-corrected chi connectivity index (χ3v) is 5.91. The maximum Gasteiger partial charge on any atom is 0.216 e. The van der Waals surface area contributed by atoms with Crippen LogP contribution in [0.4, 0.5) is 0 Å². The molecular weight excluding hydrogens is 294 g/mol. The number of alkyl halides is 1. The number of sulfonamides is 1. The molecule has 96 valence electrons. The summed E-state index contributed by atoms with van der Waals surface area (Å²) in [6.45, 7) is 6.08. The molecule has 0 aromatic heterocycles. The maximum absolute atomic E-state index is 11.9. The van der Waals surface area contributed by atoms with Crippen LogP contribution in [0.25, 0.3) is 0 Å². The first-order valence-electron chi connectivity index (χ1n) is 5.67. The van der Waals surface area contributed by atoms with Crippen LogP contribution in [0, 0.1) is 5.92 Å². The molecule has 2 unspecified atom stereocenters. The summed E-state index contributed by atoms with van der Waals surface area (Å²) in [6.07, 6.45) is 0.920. The summed E-state index contributed by atoms with van der Waals surface area (Å²) in [4.78, 5) is 0.267. The molecule has 1 rings (SSSR count). The van der Waals surface area contributed by atoms with Crippen molar-refractivity contribution in [3.8, 4) is 0 Å². The van der Waals surface area contributed by atoms with Crippen LogP contribution in [0.15, 0.2) is 0 Å². The summed E-state index contributed by atoms with van der Waals surface area (Å²) in [5.41, 5.74) is 0. The summed E-state index contributed by atoms with van der Waals surface area (Å²) in [5, 5.41) is 0. The summed E-state index contributed by atoms with van der Waals surface area (Å²) >= 11 is 3.53. The van der Waals surface area contributed by atoms with Gasteiger partial charge in [0.1, 0.15) is 0 Å². The van der Waals surface area contributed by atoms with Crippen LogP contribution in [0.5, 0.6) is 0 Å². The number of nitrogens with zero attached hydrogens (tertiary/aromatic N) is 1. The lowest BCUT2D eigenvalue weighted by molar-refractivity contribution is 0.162. The minimum Gasteiger partial charge on any atom is -0.381 e. The van der Waals surface area contributed by atoms with Crippen LogP contribution in [0.2, 0.25) is 0 Å². The second kappa shape index (κ2) is 6.33. The highest BCUT2D eigenvalue weighted by molar-refractivity contribution is 9.09. The Balaban J connectivity index is 2.49. The zero-order valence-corrected chi connectivity index (χ0v) is 12.3. The van der Waals surface area contributed by atoms with E-state index in [-0.39, 0.29) is 17.2 Å². The lowest BCUT2D eigenvalue weighted by atomic mass is 10.0. The predicted octanol–water partition coefficient (Wildman–Crippen LogP) is 1.46. The summed E-state index contributed by atoms with van der Waals surface area (Å²) < 4.78 is 30.5. The van der Waals surface area contributed by atoms with E-state index < -0.39 is 10.0 Å². The van der Waals surface area contributed by atoms with Crippen molar-refractivity contribution in [2.45, 2.75) is 25.1 Å². The maximum atomic E-state index is 11.9. The van der Waals surface area contributed by atoms with Crippen molar-refractivity contribution >= 4 is 26.0 Å². The van der Waals surface area contributed by atoms with Crippen molar-refractivity contribution in [3.05, 3.63) is 0 Å². The van der Waals surface area contributed by atoms with Crippen LogP contribution in [0.3, 0.4) is 0 Å². The van der Waals surface area contributed by atoms with E-state index in [1.165, 1.54) is 0 Å². The van der Waals surface area contributed by atoms with E-state index in [1.54, 1.807) is 4.31 Å². The van der Waals surface area contributed by atoms with Gasteiger partial charge in [-0.1, -0.05) is 22.9 Å². The van der Waals surface area contributed by atoms with E-state index in [9.17, 15) is 8.42 Å². The summed E-state index contributed by atoms with van der Waals surface area (Å²) in [5.74, 6) is 0.632. The third-order valence-electron chi connectivity index (χ3n) is 2.91. The van der Waals surface area contributed by atoms with Gasteiger partial charge in [0.2, 0.25) is 10.0 Å². The zero-order valence-electron chi connectivity index (χ0n) is 9.86. The van der Waals surface area contributed by atoms with Gasteiger partial charge < -0.3 is 4.74 Å². The molecule has 1 heterocycles. The van der Waals surface area contributed by atoms with Crippen molar-refractivity contribution in [2.75, 3.05) is 32.1 Å². The first kappa shape index (κ1) is 14.4. The minimum atomic E-state index is -3.13. The molecule has 0 aromatic rings. The molecule has 6 heteroatoms. The highest BCUT2D eigenvalue weighted by Gasteiger charge is 2.31. The fraction of sp³-hybridized carbons (Fsp3) is 1.00. The van der Waals surface area contributed by atoms with Gasteiger partial charge in [-0.05, 0) is 19.3 Å². The quantitative estimate of drug-likeness (QED) is 0.570. The third kappa shape index (κ3) is 3.98. The molecule has 0 radical (unpaired) electrons. The molecule has 1 saturated heterocycles. The second-order valence-corrected chi connectivity index (χ2v) is 7.42. The van der Waals surface area contributed by atoms with Crippen LogP contribution in [-0.4, -0.2) is 49.6 Å². The Kier molecular flexibility index (Phi) is 5.70. The lowest BCUT2D eigenvalue weighted by Gasteiger charge is -2.33. The van der Waals surface area contributed by atoms with E-state index in [2.05, 4.69) is 22.9 Å². The highest BCUT2D eigenvalue weighted by atomic mass is 79.9. The average Bonchev–Trinajstić information content (AvgIpc) is 2.22. The zero-order chi connectivity index (χ0) is 12.2. The van der Waals surface area contributed by atoms with Crippen molar-refractivity contribution < 1.29 is 13.2 Å². The Morgan fingerprint density at radius 2 is 2.19 bits per heavy atom. The summed E-state index contributed by atoms with van der Waals surface area (Å²) in [7, 11) is -3.13. The molecule has 1 fully saturated rings. The van der Waals surface area contributed by atoms with E-state index >= 15 is 0 Å². The Labute approximate surface area is 107 Å². The number of piperidine rings is 1. The van der Waals surface area contributed by atoms with E-state index in [1.807, 2.05) is 6.92 Å². The van der Waals surface area contributed by atoms with Crippen LogP contribution in [0.1, 0.15) is 20.3 Å². The number of rotatable bonds is 5. The van der Waals surface area contributed by atoms with Gasteiger partial charge in [0.25, 0.3) is 0 Å². The number of hydrogen-bond donors (Lipinski definition) is 0. The Hall–Kier alpha value is 0.350. The molecule has 0 N–H and O–H groups in total. The van der Waals surface area contributed by atoms with E-state index in [0.29, 0.717) is 25.6 Å². The van der Waals surface area contributed by atoms with Gasteiger partial charge in [-0.3, -0.25) is 0 Å². The molecule has 1 aliphatic heterocycles. The van der Waals surface area contributed by atoms with Crippen LogP contribution in [-0.2, 0) is 14.8 Å². The van der Waals surface area contributed by atoms with Gasteiger partial charge in [0.15, 0.2) is 0 Å². The summed E-state index contributed by atoms with van der Waals surface area (Å²) in [6, 6.07) is 0. The van der Waals surface area contributed by atoms with Crippen molar-refractivity contribution in [1.82, 2.24) is 4.31 Å². The second-order valence-electron chi connectivity index (χ2n) is 4.15. The van der Waals surface area contributed by atoms with Gasteiger partial charge in [-0.25, -0.2) is 12.7 Å². The van der Waals surface area contributed by atoms with Crippen molar-refractivity contribution in [1.29, 1.82) is 0 Å². The van der Waals surface area contributed by atoms with Crippen LogP contribution < -0.4 is 0 Å². The predicted molar refractivity (Wildman–Crippen MR) is 68.3 cm³/mol. The van der Waals surface area contributed by atoms with Crippen molar-refractivity contribution in [2.24, 2.45) is 5.92 Å². The number of ether oxygens (including phenoxy) is 1. The standard InChI is InChI=1S/C10H20BrNO3S/c1-3-15-6-7-16(13,14)12-5-4-9(2)10(11)8-12/h9-10H,3-8H2,1-2H3. The van der Waals surface area contributed by atoms with E-state index in [4.69, 9.17) is 4.74 Å². The molecule has 0 bridgehead atoms. The largest absolute Gasteiger partial charge is 0.381 e. The normalized spacial score (nSPS) is 28.2. The molecule has 0 spiro atoms. The SMILES string of the molecule is CCOCCS(=O)(=O)N1CCC(C)C(Br)C1. The van der Waals surface area contributed by atoms with Gasteiger partial charge in [0, 0.05) is 24.5 Å². The monoisotopic (exact) mass is 313 g/mol.